The van der Waals surface area contributed by atoms with Gasteiger partial charge in [-0.3, -0.25) is 4.57 Å². The van der Waals surface area contributed by atoms with Crippen molar-refractivity contribution in [3.05, 3.63) is 200 Å². The van der Waals surface area contributed by atoms with Crippen LogP contribution >= 0.6 is 0 Å². The van der Waals surface area contributed by atoms with E-state index in [9.17, 15) is 0 Å². The highest BCUT2D eigenvalue weighted by molar-refractivity contribution is 6.22. The third kappa shape index (κ3) is 4.61. The molecule has 0 atom stereocenters. The lowest BCUT2D eigenvalue weighted by atomic mass is 9.98. The number of nitrogens with zero attached hydrogens (tertiary/aromatic N) is 3. The highest BCUT2D eigenvalue weighted by Crippen LogP contribution is 2.42. The van der Waals surface area contributed by atoms with Gasteiger partial charge in [0.25, 0.3) is 0 Å². The molecule has 56 heavy (non-hydrogen) atoms. The third-order valence-corrected chi connectivity index (χ3v) is 11.6. The zero-order valence-electron chi connectivity index (χ0n) is 30.4. The van der Waals surface area contributed by atoms with Crippen LogP contribution in [0, 0.1) is 0 Å². The molecule has 9 aromatic carbocycles. The Hall–Kier alpha value is -7.49. The van der Waals surface area contributed by atoms with Crippen LogP contribution in [0.1, 0.15) is 0 Å². The van der Waals surface area contributed by atoms with Gasteiger partial charge in [0.1, 0.15) is 5.82 Å². The fraction of sp³-hybridized carbons (Fsp3) is 0. The average molecular weight is 712 g/mol. The molecule has 0 bridgehead atoms. The van der Waals surface area contributed by atoms with Crippen LogP contribution in [0.5, 0.6) is 0 Å². The molecule has 12 aromatic rings. The molecule has 0 aliphatic rings. The first-order chi connectivity index (χ1) is 27.8. The Labute approximate surface area is 322 Å². The summed E-state index contributed by atoms with van der Waals surface area (Å²) in [6, 6.07) is 72.7. The van der Waals surface area contributed by atoms with Gasteiger partial charge in [-0.15, -0.1) is 0 Å². The first kappa shape index (κ1) is 30.9. The number of rotatable bonds is 4. The normalized spacial score (nSPS) is 11.9. The molecule has 0 spiro atoms. The van der Waals surface area contributed by atoms with E-state index in [0.717, 1.165) is 44.6 Å². The fourth-order valence-corrected chi connectivity index (χ4v) is 9.06. The minimum atomic E-state index is 0.917. The van der Waals surface area contributed by atoms with Gasteiger partial charge >= 0.3 is 0 Å². The molecule has 0 fully saturated rings. The molecule has 0 saturated carbocycles. The van der Waals surface area contributed by atoms with E-state index in [2.05, 4.69) is 209 Å². The summed E-state index contributed by atoms with van der Waals surface area (Å²) in [5.41, 5.74) is 11.3. The summed E-state index contributed by atoms with van der Waals surface area (Å²) < 4.78 is 4.84. The van der Waals surface area contributed by atoms with Crippen molar-refractivity contribution in [1.29, 1.82) is 0 Å². The number of pyridine rings is 1. The maximum absolute atomic E-state index is 5.52. The van der Waals surface area contributed by atoms with E-state index in [1.807, 2.05) is 0 Å². The molecule has 0 aliphatic carbocycles. The second-order valence-corrected chi connectivity index (χ2v) is 14.8. The first-order valence-corrected chi connectivity index (χ1v) is 19.2. The Bertz CT molecular complexity index is 3530. The SMILES string of the molecule is c1ccc(-c2cccc(-c3cc4ccccc4nc3-n3c4ccc(-n5c6ccccc6c6cc7ccccc7cc65)cc4c4c5ccccc5ccc43)c2)cc1. The number of fused-ring (bicyclic) bond motifs is 10. The second kappa shape index (κ2) is 12.0. The molecule has 0 amide bonds. The lowest BCUT2D eigenvalue weighted by Crippen LogP contribution is -2.02. The average Bonchev–Trinajstić information content (AvgIpc) is 3.77. The van der Waals surface area contributed by atoms with E-state index in [-0.39, 0.29) is 0 Å². The van der Waals surface area contributed by atoms with Gasteiger partial charge in [-0.25, -0.2) is 4.98 Å². The smallest absolute Gasteiger partial charge is 0.146 e. The van der Waals surface area contributed by atoms with Crippen LogP contribution in [0.4, 0.5) is 0 Å². The van der Waals surface area contributed by atoms with Crippen LogP contribution in [0.3, 0.4) is 0 Å². The summed E-state index contributed by atoms with van der Waals surface area (Å²) in [6.45, 7) is 0. The standard InChI is InChI=1S/C53H33N3/c1-2-13-34(14-3-1)36-19-12-20-39(29-36)44-31-40-18-7-10-23-47(40)54-53(44)56-49-28-26-41(33-46(49)52-42-21-8-6-15-35(42)25-27-50(52)56)55-48-24-11-9-22-43(48)45-30-37-16-4-5-17-38(37)32-51(45)55/h1-33H. The van der Waals surface area contributed by atoms with E-state index in [1.165, 1.54) is 65.3 Å². The van der Waals surface area contributed by atoms with Gasteiger partial charge in [0.15, 0.2) is 0 Å². The lowest BCUT2D eigenvalue weighted by Gasteiger charge is -2.16. The predicted molar refractivity (Wildman–Crippen MR) is 236 cm³/mol. The Kier molecular flexibility index (Phi) is 6.63. The van der Waals surface area contributed by atoms with Crippen LogP contribution in [0.25, 0.3) is 110 Å². The van der Waals surface area contributed by atoms with Crippen molar-refractivity contribution >= 4 is 76.1 Å². The maximum atomic E-state index is 5.52. The fourth-order valence-electron chi connectivity index (χ4n) is 9.06. The Morgan fingerprint density at radius 3 is 1.86 bits per heavy atom. The Morgan fingerprint density at radius 2 is 0.982 bits per heavy atom. The van der Waals surface area contributed by atoms with Gasteiger partial charge in [0.2, 0.25) is 0 Å². The zero-order valence-corrected chi connectivity index (χ0v) is 30.4. The van der Waals surface area contributed by atoms with Crippen molar-refractivity contribution in [2.45, 2.75) is 0 Å². The zero-order chi connectivity index (χ0) is 36.7. The molecule has 3 aromatic heterocycles. The van der Waals surface area contributed by atoms with E-state index in [0.29, 0.717) is 0 Å². The largest absolute Gasteiger partial charge is 0.309 e. The second-order valence-electron chi connectivity index (χ2n) is 14.8. The van der Waals surface area contributed by atoms with E-state index >= 15 is 0 Å². The highest BCUT2D eigenvalue weighted by atomic mass is 15.1. The van der Waals surface area contributed by atoms with Crippen molar-refractivity contribution in [2.75, 3.05) is 0 Å². The van der Waals surface area contributed by atoms with Gasteiger partial charge in [-0.05, 0) is 98.9 Å². The molecular formula is C53H33N3. The van der Waals surface area contributed by atoms with Crippen LogP contribution in [-0.4, -0.2) is 14.1 Å². The first-order valence-electron chi connectivity index (χ1n) is 19.2. The Balaban J connectivity index is 1.18. The van der Waals surface area contributed by atoms with Gasteiger partial charge in [-0.1, -0.05) is 140 Å². The van der Waals surface area contributed by atoms with E-state index in [1.54, 1.807) is 0 Å². The minimum absolute atomic E-state index is 0.917. The van der Waals surface area contributed by atoms with Crippen LogP contribution < -0.4 is 0 Å². The predicted octanol–water partition coefficient (Wildman–Crippen LogP) is 14.1. The van der Waals surface area contributed by atoms with Gasteiger partial charge < -0.3 is 4.57 Å². The number of aromatic nitrogens is 3. The van der Waals surface area contributed by atoms with Crippen molar-refractivity contribution in [3.63, 3.8) is 0 Å². The number of benzene rings is 9. The van der Waals surface area contributed by atoms with Crippen LogP contribution in [0.2, 0.25) is 0 Å². The number of hydrogen-bond donors (Lipinski definition) is 0. The van der Waals surface area contributed by atoms with Crippen molar-refractivity contribution in [2.24, 2.45) is 0 Å². The number of para-hydroxylation sites is 2. The van der Waals surface area contributed by atoms with Crippen LogP contribution in [-0.2, 0) is 0 Å². The van der Waals surface area contributed by atoms with Gasteiger partial charge in [0.05, 0.1) is 27.6 Å². The molecule has 0 unspecified atom stereocenters. The summed E-state index contributed by atoms with van der Waals surface area (Å²) in [5, 5.41) is 11.0. The van der Waals surface area contributed by atoms with Gasteiger partial charge in [0, 0.05) is 38.2 Å². The molecule has 12 rings (SSSR count). The molecule has 0 N–H and O–H groups in total. The maximum Gasteiger partial charge on any atom is 0.146 e. The third-order valence-electron chi connectivity index (χ3n) is 11.6. The minimum Gasteiger partial charge on any atom is -0.309 e. The topological polar surface area (TPSA) is 22.8 Å². The highest BCUT2D eigenvalue weighted by Gasteiger charge is 2.22. The molecule has 3 heteroatoms. The van der Waals surface area contributed by atoms with E-state index < -0.39 is 0 Å². The summed E-state index contributed by atoms with van der Waals surface area (Å²) in [5.74, 6) is 0.917. The molecular weight excluding hydrogens is 679 g/mol. The number of hydrogen-bond acceptors (Lipinski definition) is 1. The molecule has 260 valence electrons. The quantitative estimate of drug-likeness (QED) is 0.178. The van der Waals surface area contributed by atoms with Crippen molar-refractivity contribution in [3.8, 4) is 33.8 Å². The van der Waals surface area contributed by atoms with Gasteiger partial charge in [-0.2, -0.15) is 0 Å². The summed E-state index contributed by atoms with van der Waals surface area (Å²) in [7, 11) is 0. The monoisotopic (exact) mass is 711 g/mol. The summed E-state index contributed by atoms with van der Waals surface area (Å²) in [4.78, 5) is 5.52. The molecule has 3 nitrogen and oxygen atoms in total. The van der Waals surface area contributed by atoms with E-state index in [4.69, 9.17) is 4.98 Å². The molecule has 0 radical (unpaired) electrons. The van der Waals surface area contributed by atoms with Crippen LogP contribution in [0.15, 0.2) is 200 Å². The lowest BCUT2D eigenvalue weighted by molar-refractivity contribution is 1.10. The molecule has 3 heterocycles. The Morgan fingerprint density at radius 1 is 0.321 bits per heavy atom. The summed E-state index contributed by atoms with van der Waals surface area (Å²) >= 11 is 0. The summed E-state index contributed by atoms with van der Waals surface area (Å²) in [6.07, 6.45) is 0. The van der Waals surface area contributed by atoms with Crippen molar-refractivity contribution < 1.29 is 0 Å². The molecule has 0 aliphatic heterocycles. The molecule has 0 saturated heterocycles. The van der Waals surface area contributed by atoms with Crippen molar-refractivity contribution in [1.82, 2.24) is 14.1 Å².